The van der Waals surface area contributed by atoms with Crippen molar-refractivity contribution in [3.8, 4) is 0 Å². The molecule has 0 unspecified atom stereocenters. The number of carbonyl (C=O) groups excluding carboxylic acids is 1. The summed E-state index contributed by atoms with van der Waals surface area (Å²) in [6.45, 7) is 2.62. The lowest BCUT2D eigenvalue weighted by Gasteiger charge is -2.34. The summed E-state index contributed by atoms with van der Waals surface area (Å²) in [7, 11) is -1.85. The Morgan fingerprint density at radius 3 is 2.36 bits per heavy atom. The van der Waals surface area contributed by atoms with Crippen LogP contribution in [0.25, 0.3) is 0 Å². The fourth-order valence-corrected chi connectivity index (χ4v) is 4.38. The van der Waals surface area contributed by atoms with Gasteiger partial charge >= 0.3 is 0 Å². The van der Waals surface area contributed by atoms with E-state index in [0.29, 0.717) is 24.2 Å². The highest BCUT2D eigenvalue weighted by Gasteiger charge is 2.30. The number of nitrogens with zero attached hydrogens (tertiary/aromatic N) is 3. The number of benzene rings is 1. The van der Waals surface area contributed by atoms with Gasteiger partial charge in [0.1, 0.15) is 5.82 Å². The van der Waals surface area contributed by atoms with Crippen LogP contribution in [-0.2, 0) is 17.1 Å². The predicted molar refractivity (Wildman–Crippen MR) is 91.2 cm³/mol. The van der Waals surface area contributed by atoms with Crippen molar-refractivity contribution in [2.75, 3.05) is 26.2 Å². The van der Waals surface area contributed by atoms with Crippen LogP contribution in [0.5, 0.6) is 0 Å². The number of amides is 1. The Bertz CT molecular complexity index is 900. The van der Waals surface area contributed by atoms with Crippen molar-refractivity contribution in [1.82, 2.24) is 13.8 Å². The molecule has 2 aromatic rings. The molecule has 3 rings (SSSR count). The molecule has 8 heteroatoms. The molecule has 0 saturated carbocycles. The molecule has 0 radical (unpaired) electrons. The standard InChI is InChI=1S/C17H20FN3O3S/c1-13-11-15(3-4-16(13)18)25(23,24)21-9-7-20(8-10-21)17(22)14-5-6-19(2)12-14/h3-6,11-12H,7-10H2,1-2H3. The Kier molecular flexibility index (Phi) is 4.66. The zero-order valence-electron chi connectivity index (χ0n) is 14.1. The summed E-state index contributed by atoms with van der Waals surface area (Å²) in [5.74, 6) is -0.535. The first-order valence-corrected chi connectivity index (χ1v) is 9.40. The lowest BCUT2D eigenvalue weighted by Crippen LogP contribution is -2.50. The highest BCUT2D eigenvalue weighted by Crippen LogP contribution is 2.20. The number of hydrogen-bond donors (Lipinski definition) is 0. The van der Waals surface area contributed by atoms with Crippen molar-refractivity contribution in [3.63, 3.8) is 0 Å². The maximum Gasteiger partial charge on any atom is 0.255 e. The normalized spacial score (nSPS) is 16.2. The third kappa shape index (κ3) is 3.45. The van der Waals surface area contributed by atoms with Crippen molar-refractivity contribution in [2.45, 2.75) is 11.8 Å². The molecular formula is C17H20FN3O3S. The number of piperazine rings is 1. The molecule has 1 fully saturated rings. The zero-order chi connectivity index (χ0) is 18.2. The second-order valence-corrected chi connectivity index (χ2v) is 8.11. The lowest BCUT2D eigenvalue weighted by molar-refractivity contribution is 0.0698. The van der Waals surface area contributed by atoms with E-state index in [-0.39, 0.29) is 23.9 Å². The van der Waals surface area contributed by atoms with E-state index >= 15 is 0 Å². The highest BCUT2D eigenvalue weighted by molar-refractivity contribution is 7.89. The molecule has 25 heavy (non-hydrogen) atoms. The van der Waals surface area contributed by atoms with E-state index in [4.69, 9.17) is 0 Å². The summed E-state index contributed by atoms with van der Waals surface area (Å²) in [4.78, 5) is 14.2. The maximum atomic E-state index is 13.4. The topological polar surface area (TPSA) is 62.6 Å². The molecule has 2 heterocycles. The minimum atomic E-state index is -3.69. The molecule has 1 aliphatic heterocycles. The largest absolute Gasteiger partial charge is 0.356 e. The molecule has 1 saturated heterocycles. The smallest absolute Gasteiger partial charge is 0.255 e. The Morgan fingerprint density at radius 1 is 1.12 bits per heavy atom. The van der Waals surface area contributed by atoms with E-state index in [1.54, 1.807) is 27.9 Å². The van der Waals surface area contributed by atoms with Gasteiger partial charge in [0.15, 0.2) is 0 Å². The van der Waals surface area contributed by atoms with Crippen molar-refractivity contribution in [3.05, 3.63) is 53.6 Å². The van der Waals surface area contributed by atoms with Crippen LogP contribution in [0.15, 0.2) is 41.6 Å². The van der Waals surface area contributed by atoms with Crippen LogP contribution in [0.4, 0.5) is 4.39 Å². The van der Waals surface area contributed by atoms with Crippen LogP contribution in [0, 0.1) is 12.7 Å². The van der Waals surface area contributed by atoms with Crippen LogP contribution >= 0.6 is 0 Å². The molecule has 1 aliphatic rings. The van der Waals surface area contributed by atoms with Gasteiger partial charge < -0.3 is 9.47 Å². The van der Waals surface area contributed by atoms with Crippen molar-refractivity contribution < 1.29 is 17.6 Å². The molecule has 1 amide bonds. The highest BCUT2D eigenvalue weighted by atomic mass is 32.2. The first kappa shape index (κ1) is 17.6. The summed E-state index contributed by atoms with van der Waals surface area (Å²) in [6, 6.07) is 5.52. The van der Waals surface area contributed by atoms with Gasteiger partial charge in [-0.3, -0.25) is 4.79 Å². The zero-order valence-corrected chi connectivity index (χ0v) is 15.0. The van der Waals surface area contributed by atoms with E-state index in [0.717, 1.165) is 6.07 Å². The van der Waals surface area contributed by atoms with Gasteiger partial charge in [0.05, 0.1) is 10.5 Å². The summed E-state index contributed by atoms with van der Waals surface area (Å²) < 4.78 is 41.9. The van der Waals surface area contributed by atoms with E-state index in [9.17, 15) is 17.6 Å². The predicted octanol–water partition coefficient (Wildman–Crippen LogP) is 1.62. The van der Waals surface area contributed by atoms with E-state index in [1.165, 1.54) is 23.4 Å². The van der Waals surface area contributed by atoms with Gasteiger partial charge in [-0.15, -0.1) is 0 Å². The Hall–Kier alpha value is -2.19. The minimum Gasteiger partial charge on any atom is -0.356 e. The Morgan fingerprint density at radius 2 is 1.80 bits per heavy atom. The van der Waals surface area contributed by atoms with Crippen molar-refractivity contribution in [1.29, 1.82) is 0 Å². The molecule has 1 aromatic heterocycles. The third-order valence-corrected chi connectivity index (χ3v) is 6.27. The second-order valence-electron chi connectivity index (χ2n) is 6.17. The minimum absolute atomic E-state index is 0.0780. The van der Waals surface area contributed by atoms with Gasteiger partial charge in [0.25, 0.3) is 5.91 Å². The van der Waals surface area contributed by atoms with Gasteiger partial charge in [-0.25, -0.2) is 12.8 Å². The summed E-state index contributed by atoms with van der Waals surface area (Å²) in [6.07, 6.45) is 3.54. The quantitative estimate of drug-likeness (QED) is 0.830. The van der Waals surface area contributed by atoms with Crippen molar-refractivity contribution >= 4 is 15.9 Å². The molecule has 0 N–H and O–H groups in total. The number of aromatic nitrogens is 1. The summed E-state index contributed by atoms with van der Waals surface area (Å²) >= 11 is 0. The van der Waals surface area contributed by atoms with Crippen LogP contribution in [-0.4, -0.2) is 54.3 Å². The monoisotopic (exact) mass is 365 g/mol. The molecule has 0 aliphatic carbocycles. The number of aryl methyl sites for hydroxylation is 2. The first-order valence-electron chi connectivity index (χ1n) is 7.96. The van der Waals surface area contributed by atoms with Crippen LogP contribution in [0.1, 0.15) is 15.9 Å². The SMILES string of the molecule is Cc1cc(S(=O)(=O)N2CCN(C(=O)c3ccn(C)c3)CC2)ccc1F. The Balaban J connectivity index is 1.71. The fourth-order valence-electron chi connectivity index (χ4n) is 2.87. The van der Waals surface area contributed by atoms with Crippen LogP contribution < -0.4 is 0 Å². The Labute approximate surface area is 146 Å². The molecule has 0 spiro atoms. The third-order valence-electron chi connectivity index (χ3n) is 4.37. The summed E-state index contributed by atoms with van der Waals surface area (Å²) in [5, 5.41) is 0. The van der Waals surface area contributed by atoms with E-state index in [2.05, 4.69) is 0 Å². The molecule has 1 aromatic carbocycles. The number of carbonyl (C=O) groups is 1. The molecule has 0 atom stereocenters. The second kappa shape index (κ2) is 6.61. The molecule has 6 nitrogen and oxygen atoms in total. The number of halogens is 1. The maximum absolute atomic E-state index is 13.4. The molecule has 134 valence electrons. The number of rotatable bonds is 3. The first-order chi connectivity index (χ1) is 11.8. The van der Waals surface area contributed by atoms with Gasteiger partial charge in [-0.2, -0.15) is 4.31 Å². The van der Waals surface area contributed by atoms with Crippen LogP contribution in [0.3, 0.4) is 0 Å². The average molecular weight is 365 g/mol. The number of hydrogen-bond acceptors (Lipinski definition) is 3. The van der Waals surface area contributed by atoms with Crippen molar-refractivity contribution in [2.24, 2.45) is 7.05 Å². The van der Waals surface area contributed by atoms with Gasteiger partial charge in [0, 0.05) is 45.6 Å². The molecule has 0 bridgehead atoms. The van der Waals surface area contributed by atoms with E-state index in [1.807, 2.05) is 7.05 Å². The van der Waals surface area contributed by atoms with Gasteiger partial charge in [-0.05, 0) is 36.8 Å². The molecular weight excluding hydrogens is 345 g/mol. The van der Waals surface area contributed by atoms with Gasteiger partial charge in [0.2, 0.25) is 10.0 Å². The van der Waals surface area contributed by atoms with E-state index < -0.39 is 15.8 Å². The number of sulfonamides is 1. The average Bonchev–Trinajstić information content (AvgIpc) is 3.03. The van der Waals surface area contributed by atoms with Crippen LogP contribution in [0.2, 0.25) is 0 Å². The lowest BCUT2D eigenvalue weighted by atomic mass is 10.2. The summed E-state index contributed by atoms with van der Waals surface area (Å²) in [5.41, 5.74) is 0.881. The van der Waals surface area contributed by atoms with Gasteiger partial charge in [-0.1, -0.05) is 0 Å². The fraction of sp³-hybridized carbons (Fsp3) is 0.353.